The monoisotopic (exact) mass is 357 g/mol. The van der Waals surface area contributed by atoms with Gasteiger partial charge in [0.15, 0.2) is 11.6 Å². The predicted octanol–water partition coefficient (Wildman–Crippen LogP) is 5.42. The molecule has 1 saturated carbocycles. The molecule has 1 aromatic heterocycles. The van der Waals surface area contributed by atoms with E-state index in [4.69, 9.17) is 4.74 Å². The number of benzene rings is 1. The van der Waals surface area contributed by atoms with Crippen LogP contribution in [0.2, 0.25) is 0 Å². The van der Waals surface area contributed by atoms with E-state index >= 15 is 0 Å². The largest absolute Gasteiger partial charge is 0.423 e. The number of aromatic nitrogens is 1. The Kier molecular flexibility index (Phi) is 5.76. The first kappa shape index (κ1) is 18.2. The van der Waals surface area contributed by atoms with Crippen LogP contribution in [0.5, 0.6) is 5.75 Å². The molecule has 0 spiro atoms. The van der Waals surface area contributed by atoms with Gasteiger partial charge in [-0.25, -0.2) is 13.6 Å². The van der Waals surface area contributed by atoms with Crippen LogP contribution in [0.3, 0.4) is 0 Å². The van der Waals surface area contributed by atoms with E-state index < -0.39 is 17.6 Å². The third-order valence-electron chi connectivity index (χ3n) is 4.72. The van der Waals surface area contributed by atoms with E-state index in [0.29, 0.717) is 5.92 Å². The average Bonchev–Trinajstić information content (AvgIpc) is 2.65. The minimum absolute atomic E-state index is 0.0515. The molecule has 1 heterocycles. The second kappa shape index (κ2) is 8.21. The molecule has 26 heavy (non-hydrogen) atoms. The highest BCUT2D eigenvalue weighted by Crippen LogP contribution is 2.29. The third kappa shape index (κ3) is 4.75. The van der Waals surface area contributed by atoms with Gasteiger partial charge < -0.3 is 4.74 Å². The molecule has 3 rings (SSSR count). The lowest BCUT2D eigenvalue weighted by Crippen LogP contribution is -2.10. The standard InChI is InChI=1S/C21H21F2NO2/c1-14-2-4-15(5-3-14)6-8-17-9-7-16(13-24-17)21(25)26-18-10-11-19(22)20(23)12-18/h6-15H,2-5H2,1H3/b8-6+. The zero-order valence-electron chi connectivity index (χ0n) is 14.6. The van der Waals surface area contributed by atoms with Crippen LogP contribution in [0.4, 0.5) is 8.78 Å². The summed E-state index contributed by atoms with van der Waals surface area (Å²) in [7, 11) is 0. The van der Waals surface area contributed by atoms with Crippen molar-refractivity contribution in [1.29, 1.82) is 0 Å². The van der Waals surface area contributed by atoms with Crippen LogP contribution in [0.15, 0.2) is 42.6 Å². The van der Waals surface area contributed by atoms with Crippen LogP contribution in [-0.4, -0.2) is 11.0 Å². The highest BCUT2D eigenvalue weighted by atomic mass is 19.2. The molecule has 3 nitrogen and oxygen atoms in total. The molecular formula is C21H21F2NO2. The van der Waals surface area contributed by atoms with Gasteiger partial charge >= 0.3 is 5.97 Å². The number of carbonyl (C=O) groups is 1. The number of carbonyl (C=O) groups excluding carboxylic acids is 1. The topological polar surface area (TPSA) is 39.2 Å². The molecule has 0 radical (unpaired) electrons. The average molecular weight is 357 g/mol. The van der Waals surface area contributed by atoms with Crippen molar-refractivity contribution in [3.63, 3.8) is 0 Å². The summed E-state index contributed by atoms with van der Waals surface area (Å²) in [5.41, 5.74) is 1.02. The molecule has 5 heteroatoms. The Morgan fingerprint density at radius 2 is 1.88 bits per heavy atom. The summed E-state index contributed by atoms with van der Waals surface area (Å²) in [5, 5.41) is 0. The van der Waals surface area contributed by atoms with Gasteiger partial charge in [-0.3, -0.25) is 4.98 Å². The smallest absolute Gasteiger partial charge is 0.345 e. The number of pyridine rings is 1. The Balaban J connectivity index is 1.59. The van der Waals surface area contributed by atoms with Crippen molar-refractivity contribution in [2.24, 2.45) is 11.8 Å². The first-order chi connectivity index (χ1) is 12.5. The molecule has 1 aliphatic rings. The minimum Gasteiger partial charge on any atom is -0.423 e. The van der Waals surface area contributed by atoms with Crippen LogP contribution in [0.25, 0.3) is 6.08 Å². The summed E-state index contributed by atoms with van der Waals surface area (Å²) >= 11 is 0. The second-order valence-corrected chi connectivity index (χ2v) is 6.82. The van der Waals surface area contributed by atoms with Crippen molar-refractivity contribution in [1.82, 2.24) is 4.98 Å². The molecule has 1 fully saturated rings. The van der Waals surface area contributed by atoms with Crippen LogP contribution < -0.4 is 4.74 Å². The van der Waals surface area contributed by atoms with Gasteiger partial charge in [-0.15, -0.1) is 0 Å². The molecule has 0 saturated heterocycles. The van der Waals surface area contributed by atoms with E-state index in [2.05, 4.69) is 18.0 Å². The fourth-order valence-electron chi connectivity index (χ4n) is 3.04. The number of nitrogens with zero attached hydrogens (tertiary/aromatic N) is 1. The normalized spacial score (nSPS) is 20.3. The Morgan fingerprint density at radius 3 is 2.54 bits per heavy atom. The van der Waals surface area contributed by atoms with Crippen LogP contribution in [0.1, 0.15) is 48.7 Å². The lowest BCUT2D eigenvalue weighted by Gasteiger charge is -2.23. The molecular weight excluding hydrogens is 336 g/mol. The Labute approximate surface area is 151 Å². The van der Waals surface area contributed by atoms with Gasteiger partial charge in [-0.05, 0) is 55.0 Å². The van der Waals surface area contributed by atoms with Gasteiger partial charge in [0.1, 0.15) is 5.75 Å². The number of ether oxygens (including phenoxy) is 1. The molecule has 0 bridgehead atoms. The summed E-state index contributed by atoms with van der Waals surface area (Å²) < 4.78 is 31.1. The molecule has 2 aromatic rings. The highest BCUT2D eigenvalue weighted by Gasteiger charge is 2.16. The number of esters is 1. The quantitative estimate of drug-likeness (QED) is 0.542. The number of allylic oxidation sites excluding steroid dienone is 1. The van der Waals surface area contributed by atoms with Crippen molar-refractivity contribution in [2.75, 3.05) is 0 Å². The number of hydrogen-bond acceptors (Lipinski definition) is 3. The lowest BCUT2D eigenvalue weighted by atomic mass is 9.83. The summed E-state index contributed by atoms with van der Waals surface area (Å²) in [6.45, 7) is 2.29. The van der Waals surface area contributed by atoms with Gasteiger partial charge in [0, 0.05) is 12.3 Å². The first-order valence-electron chi connectivity index (χ1n) is 8.83. The SMILES string of the molecule is CC1CCC(/C=C/c2ccc(C(=O)Oc3ccc(F)c(F)c3)cn2)CC1. The van der Waals surface area contributed by atoms with Gasteiger partial charge in [0.25, 0.3) is 0 Å². The van der Waals surface area contributed by atoms with E-state index in [9.17, 15) is 13.6 Å². The second-order valence-electron chi connectivity index (χ2n) is 6.82. The van der Waals surface area contributed by atoms with Gasteiger partial charge in [-0.1, -0.05) is 25.8 Å². The van der Waals surface area contributed by atoms with Gasteiger partial charge in [0.05, 0.1) is 11.3 Å². The maximum absolute atomic E-state index is 13.2. The zero-order valence-corrected chi connectivity index (χ0v) is 14.6. The van der Waals surface area contributed by atoms with Crippen LogP contribution >= 0.6 is 0 Å². The predicted molar refractivity (Wildman–Crippen MR) is 95.7 cm³/mol. The Bertz CT molecular complexity index is 794. The molecule has 0 unspecified atom stereocenters. The molecule has 0 aliphatic heterocycles. The van der Waals surface area contributed by atoms with Crippen molar-refractivity contribution in [2.45, 2.75) is 32.6 Å². The maximum atomic E-state index is 13.2. The van der Waals surface area contributed by atoms with Gasteiger partial charge in [0.2, 0.25) is 0 Å². The number of rotatable bonds is 4. The van der Waals surface area contributed by atoms with E-state index in [0.717, 1.165) is 23.7 Å². The zero-order chi connectivity index (χ0) is 18.5. The molecule has 136 valence electrons. The highest BCUT2D eigenvalue weighted by molar-refractivity contribution is 5.90. The molecule has 0 atom stereocenters. The molecule has 1 aromatic carbocycles. The minimum atomic E-state index is -1.06. The van der Waals surface area contributed by atoms with E-state index in [1.807, 2.05) is 6.08 Å². The summed E-state index contributed by atoms with van der Waals surface area (Å²) in [6, 6.07) is 6.30. The van der Waals surface area contributed by atoms with Gasteiger partial charge in [-0.2, -0.15) is 0 Å². The summed E-state index contributed by atoms with van der Waals surface area (Å²) in [5.74, 6) is -1.37. The Morgan fingerprint density at radius 1 is 1.12 bits per heavy atom. The first-order valence-corrected chi connectivity index (χ1v) is 8.83. The Hall–Kier alpha value is -2.56. The van der Waals surface area contributed by atoms with Crippen molar-refractivity contribution in [3.8, 4) is 5.75 Å². The fourth-order valence-corrected chi connectivity index (χ4v) is 3.04. The number of halogens is 2. The molecule has 0 N–H and O–H groups in total. The number of hydrogen-bond donors (Lipinski definition) is 0. The fraction of sp³-hybridized carbons (Fsp3) is 0.333. The molecule has 1 aliphatic carbocycles. The lowest BCUT2D eigenvalue weighted by molar-refractivity contribution is 0.0733. The van der Waals surface area contributed by atoms with E-state index in [-0.39, 0.29) is 11.3 Å². The summed E-state index contributed by atoms with van der Waals surface area (Å²) in [4.78, 5) is 16.3. The molecule has 0 amide bonds. The van der Waals surface area contributed by atoms with E-state index in [1.54, 1.807) is 12.1 Å². The summed E-state index contributed by atoms with van der Waals surface area (Å²) in [6.07, 6.45) is 10.5. The van der Waals surface area contributed by atoms with Crippen molar-refractivity contribution >= 4 is 12.0 Å². The van der Waals surface area contributed by atoms with Crippen molar-refractivity contribution < 1.29 is 18.3 Å². The maximum Gasteiger partial charge on any atom is 0.345 e. The van der Waals surface area contributed by atoms with E-state index in [1.165, 1.54) is 37.9 Å². The van der Waals surface area contributed by atoms with Crippen LogP contribution in [-0.2, 0) is 0 Å². The third-order valence-corrected chi connectivity index (χ3v) is 4.72. The van der Waals surface area contributed by atoms with Crippen molar-refractivity contribution in [3.05, 3.63) is 65.5 Å². The van der Waals surface area contributed by atoms with Crippen LogP contribution in [0, 0.1) is 23.5 Å².